The Kier molecular flexibility index (Phi) is 4.20. The van der Waals surface area contributed by atoms with Gasteiger partial charge in [-0.3, -0.25) is 0 Å². The summed E-state index contributed by atoms with van der Waals surface area (Å²) in [5.74, 6) is 0. The molecule has 5 heteroatoms. The summed E-state index contributed by atoms with van der Waals surface area (Å²) in [7, 11) is 0. The van der Waals surface area contributed by atoms with Crippen LogP contribution in [-0.2, 0) is 11.3 Å². The second-order valence-electron chi connectivity index (χ2n) is 4.61. The van der Waals surface area contributed by atoms with Crippen LogP contribution in [0.5, 0.6) is 0 Å². The molecule has 5 nitrogen and oxygen atoms in total. The largest absolute Gasteiger partial charge is 0.444 e. The van der Waals surface area contributed by atoms with E-state index in [-0.39, 0.29) is 0 Å². The molecule has 0 unspecified atom stereocenters. The number of nitrogens with one attached hydrogen (secondary N) is 1. The van der Waals surface area contributed by atoms with E-state index in [1.807, 2.05) is 0 Å². The Morgan fingerprint density at radius 3 is 2.35 bits per heavy atom. The molecule has 1 aromatic rings. The molecule has 0 fully saturated rings. The zero-order valence-corrected chi connectivity index (χ0v) is 10.2. The molecular formula is C12H16N2O3. The molecule has 0 saturated heterocycles. The summed E-state index contributed by atoms with van der Waals surface area (Å²) >= 11 is 0. The van der Waals surface area contributed by atoms with Crippen LogP contribution in [0.25, 0.3) is 0 Å². The molecule has 0 radical (unpaired) electrons. The highest BCUT2D eigenvalue weighted by atomic mass is 16.6. The minimum Gasteiger partial charge on any atom is -0.444 e. The third-order valence-corrected chi connectivity index (χ3v) is 1.88. The van der Waals surface area contributed by atoms with Crippen molar-refractivity contribution in [1.29, 1.82) is 0 Å². The van der Waals surface area contributed by atoms with Gasteiger partial charge < -0.3 is 10.1 Å². The predicted octanol–water partition coefficient (Wildman–Crippen LogP) is 3.11. The van der Waals surface area contributed by atoms with Crippen LogP contribution in [0.2, 0.25) is 0 Å². The van der Waals surface area contributed by atoms with Crippen molar-refractivity contribution in [2.75, 3.05) is 0 Å². The first-order chi connectivity index (χ1) is 7.90. The van der Waals surface area contributed by atoms with E-state index in [1.165, 1.54) is 0 Å². The summed E-state index contributed by atoms with van der Waals surface area (Å²) in [5.41, 5.74) is 0.740. The Hall–Kier alpha value is -1.91. The topological polar surface area (TPSA) is 67.8 Å². The molecule has 0 saturated carbocycles. The zero-order valence-electron chi connectivity index (χ0n) is 10.2. The molecule has 0 aliphatic carbocycles. The lowest BCUT2D eigenvalue weighted by Gasteiger charge is -2.19. The molecule has 1 amide bonds. The van der Waals surface area contributed by atoms with Crippen LogP contribution in [0, 0.1) is 4.91 Å². The van der Waals surface area contributed by atoms with Crippen molar-refractivity contribution >= 4 is 11.8 Å². The van der Waals surface area contributed by atoms with Crippen molar-refractivity contribution in [3.8, 4) is 0 Å². The maximum absolute atomic E-state index is 11.4. The summed E-state index contributed by atoms with van der Waals surface area (Å²) in [4.78, 5) is 21.6. The molecule has 92 valence electrons. The Labute approximate surface area is 100 Å². The van der Waals surface area contributed by atoms with Crippen LogP contribution in [0.3, 0.4) is 0 Å². The number of ether oxygens (including phenoxy) is 1. The number of nitroso groups, excluding NO2 is 1. The fraction of sp³-hybridized carbons (Fsp3) is 0.417. The fourth-order valence-electron chi connectivity index (χ4n) is 1.16. The average molecular weight is 236 g/mol. The normalized spacial score (nSPS) is 10.8. The number of rotatable bonds is 3. The molecule has 1 rings (SSSR count). The summed E-state index contributed by atoms with van der Waals surface area (Å²) in [6.45, 7) is 5.76. The molecule has 0 aromatic heterocycles. The van der Waals surface area contributed by atoms with Crippen molar-refractivity contribution in [2.24, 2.45) is 5.18 Å². The molecule has 17 heavy (non-hydrogen) atoms. The lowest BCUT2D eigenvalue weighted by atomic mass is 10.2. The molecular weight excluding hydrogens is 220 g/mol. The maximum Gasteiger partial charge on any atom is 0.407 e. The molecule has 0 aliphatic rings. The van der Waals surface area contributed by atoms with Gasteiger partial charge >= 0.3 is 6.09 Å². The summed E-state index contributed by atoms with van der Waals surface area (Å²) in [6, 6.07) is 6.65. The highest BCUT2D eigenvalue weighted by molar-refractivity contribution is 5.67. The van der Waals surface area contributed by atoms with Crippen molar-refractivity contribution in [1.82, 2.24) is 5.32 Å². The van der Waals surface area contributed by atoms with Gasteiger partial charge in [-0.25, -0.2) is 4.79 Å². The Balaban J connectivity index is 2.44. The lowest BCUT2D eigenvalue weighted by Crippen LogP contribution is -2.32. The number of amides is 1. The van der Waals surface area contributed by atoms with Crippen LogP contribution in [0.15, 0.2) is 29.4 Å². The number of carbonyl (C=O) groups is 1. The second-order valence-corrected chi connectivity index (χ2v) is 4.61. The Morgan fingerprint density at radius 2 is 1.88 bits per heavy atom. The number of alkyl carbamates (subject to hydrolysis) is 1. The molecule has 1 aromatic carbocycles. The van der Waals surface area contributed by atoms with Gasteiger partial charge in [0.2, 0.25) is 0 Å². The van der Waals surface area contributed by atoms with E-state index in [2.05, 4.69) is 10.5 Å². The van der Waals surface area contributed by atoms with E-state index in [0.29, 0.717) is 12.2 Å². The standard InChI is InChI=1S/C12H16N2O3/c1-12(2,3)17-11(15)13-8-9-4-6-10(14-16)7-5-9/h4-7H,8H2,1-3H3,(H,13,15). The van der Waals surface area contributed by atoms with Crippen molar-refractivity contribution in [3.63, 3.8) is 0 Å². The van der Waals surface area contributed by atoms with Gasteiger partial charge in [-0.1, -0.05) is 12.1 Å². The van der Waals surface area contributed by atoms with E-state index in [1.54, 1.807) is 45.0 Å². The third kappa shape index (κ3) is 5.10. The van der Waals surface area contributed by atoms with Crippen molar-refractivity contribution in [3.05, 3.63) is 34.7 Å². The van der Waals surface area contributed by atoms with Gasteiger partial charge in [0.05, 0.1) is 0 Å². The number of hydrogen-bond acceptors (Lipinski definition) is 4. The minimum absolute atomic E-state index is 0.355. The summed E-state index contributed by atoms with van der Waals surface area (Å²) in [5, 5.41) is 5.42. The second kappa shape index (κ2) is 5.43. The molecule has 0 bridgehead atoms. The fourth-order valence-corrected chi connectivity index (χ4v) is 1.16. The van der Waals surface area contributed by atoms with Crippen molar-refractivity contribution < 1.29 is 9.53 Å². The minimum atomic E-state index is -0.505. The first-order valence-electron chi connectivity index (χ1n) is 5.30. The number of hydrogen-bond donors (Lipinski definition) is 1. The summed E-state index contributed by atoms with van der Waals surface area (Å²) < 4.78 is 5.09. The highest BCUT2D eigenvalue weighted by Gasteiger charge is 2.15. The van der Waals surface area contributed by atoms with E-state index >= 15 is 0 Å². The molecule has 0 atom stereocenters. The van der Waals surface area contributed by atoms with Gasteiger partial charge in [0.1, 0.15) is 11.3 Å². The highest BCUT2D eigenvalue weighted by Crippen LogP contribution is 2.12. The van der Waals surface area contributed by atoms with Gasteiger partial charge in [0.15, 0.2) is 0 Å². The zero-order chi connectivity index (χ0) is 12.9. The molecule has 0 heterocycles. The Bertz CT molecular complexity index is 393. The number of nitrogens with zero attached hydrogens (tertiary/aromatic N) is 1. The SMILES string of the molecule is CC(C)(C)OC(=O)NCc1ccc(N=O)cc1. The van der Waals surface area contributed by atoms with Crippen LogP contribution in [-0.4, -0.2) is 11.7 Å². The predicted molar refractivity (Wildman–Crippen MR) is 65.0 cm³/mol. The van der Waals surface area contributed by atoms with Gasteiger partial charge in [-0.2, -0.15) is 0 Å². The first-order valence-corrected chi connectivity index (χ1v) is 5.30. The van der Waals surface area contributed by atoms with Crippen LogP contribution < -0.4 is 5.32 Å². The smallest absolute Gasteiger partial charge is 0.407 e. The number of carbonyl (C=O) groups excluding carboxylic acids is 1. The van der Waals surface area contributed by atoms with Gasteiger partial charge in [-0.15, -0.1) is 4.91 Å². The van der Waals surface area contributed by atoms with Crippen LogP contribution in [0.4, 0.5) is 10.5 Å². The van der Waals surface area contributed by atoms with Gasteiger partial charge in [0, 0.05) is 6.54 Å². The summed E-state index contributed by atoms with van der Waals surface area (Å²) in [6.07, 6.45) is -0.463. The average Bonchev–Trinajstić information content (AvgIpc) is 2.25. The number of benzene rings is 1. The quantitative estimate of drug-likeness (QED) is 0.820. The van der Waals surface area contributed by atoms with Crippen molar-refractivity contribution in [2.45, 2.75) is 32.9 Å². The molecule has 0 aliphatic heterocycles. The third-order valence-electron chi connectivity index (χ3n) is 1.88. The van der Waals surface area contributed by atoms with E-state index in [9.17, 15) is 9.70 Å². The van der Waals surface area contributed by atoms with Gasteiger partial charge in [0.25, 0.3) is 0 Å². The van der Waals surface area contributed by atoms with E-state index in [4.69, 9.17) is 4.74 Å². The molecule has 0 spiro atoms. The Morgan fingerprint density at radius 1 is 1.29 bits per heavy atom. The molecule has 1 N–H and O–H groups in total. The van der Waals surface area contributed by atoms with Crippen LogP contribution in [0.1, 0.15) is 26.3 Å². The van der Waals surface area contributed by atoms with E-state index < -0.39 is 11.7 Å². The van der Waals surface area contributed by atoms with E-state index in [0.717, 1.165) is 5.56 Å². The van der Waals surface area contributed by atoms with Crippen LogP contribution >= 0.6 is 0 Å². The lowest BCUT2D eigenvalue weighted by molar-refractivity contribution is 0.0523. The first kappa shape index (κ1) is 13.2. The monoisotopic (exact) mass is 236 g/mol. The maximum atomic E-state index is 11.4. The van der Waals surface area contributed by atoms with Gasteiger partial charge in [-0.05, 0) is 43.6 Å².